The third-order valence-electron chi connectivity index (χ3n) is 2.47. The molecular formula is C17H15N3. The molecule has 0 aliphatic carbocycles. The summed E-state index contributed by atoms with van der Waals surface area (Å²) < 4.78 is 0. The van der Waals surface area contributed by atoms with E-state index in [1.54, 1.807) is 0 Å². The minimum atomic E-state index is 1.23. The van der Waals surface area contributed by atoms with Crippen molar-refractivity contribution in [1.29, 1.82) is 0 Å². The van der Waals surface area contributed by atoms with Crippen LogP contribution in [0.25, 0.3) is 12.2 Å². The van der Waals surface area contributed by atoms with Gasteiger partial charge in [-0.1, -0.05) is 72.8 Å². The van der Waals surface area contributed by atoms with Crippen molar-refractivity contribution in [1.82, 2.24) is 15.0 Å². The maximum atomic E-state index is 3.56. The van der Waals surface area contributed by atoms with Gasteiger partial charge in [0, 0.05) is 0 Å². The molecule has 0 aliphatic heterocycles. The molecule has 1 heterocycles. The first-order valence-corrected chi connectivity index (χ1v) is 6.28. The molecule has 3 rings (SSSR count). The maximum absolute atomic E-state index is 3.56. The minimum Gasteiger partial charge on any atom is -0.225 e. The summed E-state index contributed by atoms with van der Waals surface area (Å²) in [6, 6.07) is 20.6. The van der Waals surface area contributed by atoms with Crippen molar-refractivity contribution in [3.8, 4) is 0 Å². The predicted molar refractivity (Wildman–Crippen MR) is 81.6 cm³/mol. The van der Waals surface area contributed by atoms with Crippen LogP contribution in [-0.2, 0) is 0 Å². The Balaban J connectivity index is 0.000000205. The normalized spacial score (nSPS) is 9.80. The lowest BCUT2D eigenvalue weighted by molar-refractivity contribution is 1.05. The fourth-order valence-electron chi connectivity index (χ4n) is 1.53. The van der Waals surface area contributed by atoms with Crippen LogP contribution in [0.3, 0.4) is 0 Å². The molecule has 0 atom stereocenters. The van der Waals surface area contributed by atoms with E-state index < -0.39 is 0 Å². The molecular weight excluding hydrogens is 246 g/mol. The van der Waals surface area contributed by atoms with Gasteiger partial charge in [0.05, 0.1) is 0 Å². The van der Waals surface area contributed by atoms with E-state index in [2.05, 4.69) is 51.4 Å². The monoisotopic (exact) mass is 261 g/mol. The Morgan fingerprint density at radius 1 is 0.500 bits per heavy atom. The smallest absolute Gasteiger partial charge is 0.119 e. The Labute approximate surface area is 118 Å². The number of aromatic nitrogens is 3. The molecule has 3 aromatic rings. The molecule has 1 aromatic heterocycles. The number of hydrogen-bond donors (Lipinski definition) is 0. The predicted octanol–water partition coefficient (Wildman–Crippen LogP) is 3.73. The van der Waals surface area contributed by atoms with Crippen LogP contribution < -0.4 is 0 Å². The molecule has 0 N–H and O–H groups in total. The van der Waals surface area contributed by atoms with Gasteiger partial charge in [-0.3, -0.25) is 0 Å². The van der Waals surface area contributed by atoms with Gasteiger partial charge >= 0.3 is 0 Å². The van der Waals surface area contributed by atoms with Crippen LogP contribution in [0.2, 0.25) is 0 Å². The fourth-order valence-corrected chi connectivity index (χ4v) is 1.53. The lowest BCUT2D eigenvalue weighted by Crippen LogP contribution is -1.73. The Morgan fingerprint density at radius 2 is 0.850 bits per heavy atom. The van der Waals surface area contributed by atoms with E-state index in [0.29, 0.717) is 0 Å². The van der Waals surface area contributed by atoms with E-state index in [1.165, 1.54) is 30.1 Å². The van der Waals surface area contributed by atoms with Gasteiger partial charge in [-0.05, 0) is 11.1 Å². The molecule has 3 nitrogen and oxygen atoms in total. The maximum Gasteiger partial charge on any atom is 0.119 e. The quantitative estimate of drug-likeness (QED) is 0.660. The Morgan fingerprint density at radius 3 is 1.15 bits per heavy atom. The molecule has 0 spiro atoms. The first-order valence-electron chi connectivity index (χ1n) is 6.28. The largest absolute Gasteiger partial charge is 0.225 e. The zero-order valence-electron chi connectivity index (χ0n) is 11.0. The molecule has 20 heavy (non-hydrogen) atoms. The van der Waals surface area contributed by atoms with E-state index in [1.807, 2.05) is 36.4 Å². The van der Waals surface area contributed by atoms with Crippen LogP contribution in [-0.4, -0.2) is 15.0 Å². The Bertz CT molecular complexity index is 539. The van der Waals surface area contributed by atoms with Crippen molar-refractivity contribution in [3.63, 3.8) is 0 Å². The van der Waals surface area contributed by atoms with Gasteiger partial charge in [0.15, 0.2) is 0 Å². The van der Waals surface area contributed by atoms with Gasteiger partial charge in [-0.25, -0.2) is 15.0 Å². The minimum absolute atomic E-state index is 1.23. The average molecular weight is 261 g/mol. The van der Waals surface area contributed by atoms with E-state index in [-0.39, 0.29) is 0 Å². The van der Waals surface area contributed by atoms with Crippen LogP contribution in [0.5, 0.6) is 0 Å². The number of hydrogen-bond acceptors (Lipinski definition) is 3. The highest BCUT2D eigenvalue weighted by molar-refractivity contribution is 5.69. The second kappa shape index (κ2) is 8.32. The molecule has 0 aliphatic rings. The zero-order valence-corrected chi connectivity index (χ0v) is 11.0. The average Bonchev–Trinajstić information content (AvgIpc) is 2.57. The first-order chi connectivity index (χ1) is 9.95. The molecule has 0 radical (unpaired) electrons. The Hall–Kier alpha value is -2.81. The van der Waals surface area contributed by atoms with Gasteiger partial charge < -0.3 is 0 Å². The molecule has 0 fully saturated rings. The lowest BCUT2D eigenvalue weighted by Gasteiger charge is -1.92. The fraction of sp³-hybridized carbons (Fsp3) is 0. The zero-order chi connectivity index (χ0) is 13.9. The highest BCUT2D eigenvalue weighted by Crippen LogP contribution is 2.06. The van der Waals surface area contributed by atoms with Crippen LogP contribution in [0.15, 0.2) is 79.6 Å². The van der Waals surface area contributed by atoms with E-state index in [4.69, 9.17) is 0 Å². The van der Waals surface area contributed by atoms with Crippen LogP contribution >= 0.6 is 0 Å². The molecule has 2 aromatic carbocycles. The molecule has 0 amide bonds. The van der Waals surface area contributed by atoms with Crippen molar-refractivity contribution >= 4 is 12.2 Å². The van der Waals surface area contributed by atoms with Crippen molar-refractivity contribution in [3.05, 3.63) is 90.8 Å². The number of nitrogens with zero attached hydrogens (tertiary/aromatic N) is 3. The lowest BCUT2D eigenvalue weighted by atomic mass is 10.1. The Kier molecular flexibility index (Phi) is 5.66. The van der Waals surface area contributed by atoms with E-state index in [0.717, 1.165) is 0 Å². The summed E-state index contributed by atoms with van der Waals surface area (Å²) in [5, 5.41) is 0. The highest BCUT2D eigenvalue weighted by Gasteiger charge is 1.84. The topological polar surface area (TPSA) is 38.7 Å². The summed E-state index contributed by atoms with van der Waals surface area (Å²) in [5.41, 5.74) is 2.47. The summed E-state index contributed by atoms with van der Waals surface area (Å²) >= 11 is 0. The molecule has 0 saturated heterocycles. The SMILES string of the molecule is C(=Cc1ccccc1)c1ccccc1.c1ncncn1. The van der Waals surface area contributed by atoms with E-state index in [9.17, 15) is 0 Å². The van der Waals surface area contributed by atoms with Crippen molar-refractivity contribution in [2.45, 2.75) is 0 Å². The van der Waals surface area contributed by atoms with Crippen LogP contribution in [0.1, 0.15) is 11.1 Å². The molecule has 98 valence electrons. The third kappa shape index (κ3) is 5.23. The molecule has 0 saturated carbocycles. The van der Waals surface area contributed by atoms with Crippen LogP contribution in [0, 0.1) is 0 Å². The summed E-state index contributed by atoms with van der Waals surface area (Å²) in [6.07, 6.45) is 8.55. The van der Waals surface area contributed by atoms with Gasteiger partial charge in [-0.2, -0.15) is 0 Å². The molecule has 0 bridgehead atoms. The second-order valence-electron chi connectivity index (χ2n) is 3.95. The number of benzene rings is 2. The van der Waals surface area contributed by atoms with Gasteiger partial charge in [-0.15, -0.1) is 0 Å². The summed E-state index contributed by atoms with van der Waals surface area (Å²) in [5.74, 6) is 0. The summed E-state index contributed by atoms with van der Waals surface area (Å²) in [6.45, 7) is 0. The number of rotatable bonds is 2. The van der Waals surface area contributed by atoms with Crippen LogP contribution in [0.4, 0.5) is 0 Å². The highest BCUT2D eigenvalue weighted by atomic mass is 14.9. The summed E-state index contributed by atoms with van der Waals surface area (Å²) in [4.78, 5) is 10.7. The second-order valence-corrected chi connectivity index (χ2v) is 3.95. The molecule has 3 heteroatoms. The standard InChI is InChI=1S/C14H12.C3H3N3/c1-3-7-13(8-4-1)11-12-14-9-5-2-6-10-14;1-4-2-6-3-5-1/h1-12H;1-3H. The summed E-state index contributed by atoms with van der Waals surface area (Å²) in [7, 11) is 0. The van der Waals surface area contributed by atoms with E-state index >= 15 is 0 Å². The van der Waals surface area contributed by atoms with Gasteiger partial charge in [0.1, 0.15) is 19.0 Å². The first kappa shape index (κ1) is 13.6. The molecule has 0 unspecified atom stereocenters. The third-order valence-corrected chi connectivity index (χ3v) is 2.47. The van der Waals surface area contributed by atoms with Crippen molar-refractivity contribution in [2.75, 3.05) is 0 Å². The van der Waals surface area contributed by atoms with Crippen molar-refractivity contribution in [2.24, 2.45) is 0 Å². The van der Waals surface area contributed by atoms with Gasteiger partial charge in [0.2, 0.25) is 0 Å². The van der Waals surface area contributed by atoms with Gasteiger partial charge in [0.25, 0.3) is 0 Å². The van der Waals surface area contributed by atoms with Crippen molar-refractivity contribution < 1.29 is 0 Å².